The molecule has 0 aliphatic heterocycles. The van der Waals surface area contributed by atoms with Crippen LogP contribution < -0.4 is 4.80 Å². The fourth-order valence-electron chi connectivity index (χ4n) is 2.19. The molecule has 1 aromatic heterocycles. The quantitative estimate of drug-likeness (QED) is 0.820. The first kappa shape index (κ1) is 16.3. The van der Waals surface area contributed by atoms with Crippen LogP contribution in [0.4, 0.5) is 13.2 Å². The normalized spacial score (nSPS) is 17.4. The van der Waals surface area contributed by atoms with Crippen molar-refractivity contribution in [2.45, 2.75) is 58.7 Å². The molecular weight excluding hydrogens is 301 g/mol. The second kappa shape index (κ2) is 5.26. The Balaban J connectivity index is 2.52. The van der Waals surface area contributed by atoms with E-state index in [-0.39, 0.29) is 10.2 Å². The summed E-state index contributed by atoms with van der Waals surface area (Å²) in [6.07, 6.45) is -2.75. The van der Waals surface area contributed by atoms with Crippen molar-refractivity contribution in [1.82, 2.24) is 4.57 Å². The number of carbonyl (C=O) groups is 1. The van der Waals surface area contributed by atoms with Crippen molar-refractivity contribution in [3.63, 3.8) is 0 Å². The van der Waals surface area contributed by atoms with Gasteiger partial charge in [0.05, 0.1) is 0 Å². The molecule has 0 atom stereocenters. The molecule has 7 heteroatoms. The lowest BCUT2D eigenvalue weighted by Crippen LogP contribution is -2.26. The lowest BCUT2D eigenvalue weighted by molar-refractivity contribution is -0.169. The lowest BCUT2D eigenvalue weighted by Gasteiger charge is -2.17. The van der Waals surface area contributed by atoms with E-state index in [4.69, 9.17) is 0 Å². The maximum atomic E-state index is 12.4. The van der Waals surface area contributed by atoms with Gasteiger partial charge in [0.2, 0.25) is 0 Å². The van der Waals surface area contributed by atoms with E-state index in [1.807, 2.05) is 27.7 Å². The van der Waals surface area contributed by atoms with Crippen LogP contribution in [-0.4, -0.2) is 16.7 Å². The zero-order valence-corrected chi connectivity index (χ0v) is 13.4. The van der Waals surface area contributed by atoms with Crippen LogP contribution in [0.3, 0.4) is 0 Å². The summed E-state index contributed by atoms with van der Waals surface area (Å²) in [7, 11) is 0. The van der Waals surface area contributed by atoms with Crippen LogP contribution in [0.1, 0.15) is 44.2 Å². The molecule has 21 heavy (non-hydrogen) atoms. The number of hydrogen-bond acceptors (Lipinski definition) is 2. The third-order valence-corrected chi connectivity index (χ3v) is 5.02. The van der Waals surface area contributed by atoms with Gasteiger partial charge in [-0.2, -0.15) is 18.2 Å². The van der Waals surface area contributed by atoms with Gasteiger partial charge in [-0.25, -0.2) is 0 Å². The first-order chi connectivity index (χ1) is 9.50. The summed E-state index contributed by atoms with van der Waals surface area (Å²) >= 11 is 1.18. The zero-order valence-electron chi connectivity index (χ0n) is 12.5. The first-order valence-corrected chi connectivity index (χ1v) is 7.68. The van der Waals surface area contributed by atoms with E-state index in [2.05, 4.69) is 4.99 Å². The fourth-order valence-corrected chi connectivity index (χ4v) is 3.39. The number of nitrogens with zero attached hydrogens (tertiary/aromatic N) is 2. The van der Waals surface area contributed by atoms with Crippen molar-refractivity contribution in [2.24, 2.45) is 10.9 Å². The maximum absolute atomic E-state index is 12.4. The number of hydrogen-bond donors (Lipinski definition) is 0. The predicted molar refractivity (Wildman–Crippen MR) is 75.1 cm³/mol. The molecule has 3 nitrogen and oxygen atoms in total. The van der Waals surface area contributed by atoms with Crippen molar-refractivity contribution < 1.29 is 18.0 Å². The van der Waals surface area contributed by atoms with E-state index in [0.29, 0.717) is 12.5 Å². The van der Waals surface area contributed by atoms with Crippen LogP contribution in [0.15, 0.2) is 4.99 Å². The summed E-state index contributed by atoms with van der Waals surface area (Å²) in [5.74, 6) is -1.54. The highest BCUT2D eigenvalue weighted by Gasteiger charge is 2.39. The van der Waals surface area contributed by atoms with Crippen LogP contribution in [0.25, 0.3) is 0 Å². The average Bonchev–Trinajstić information content (AvgIpc) is 3.06. The Kier molecular flexibility index (Phi) is 4.08. The Morgan fingerprint density at radius 1 is 1.33 bits per heavy atom. The molecule has 1 aromatic rings. The van der Waals surface area contributed by atoms with Gasteiger partial charge in [-0.15, -0.1) is 11.3 Å². The number of rotatable bonds is 2. The van der Waals surface area contributed by atoms with Crippen molar-refractivity contribution in [1.29, 1.82) is 0 Å². The molecular formula is C14H19F3N2OS. The van der Waals surface area contributed by atoms with Crippen LogP contribution in [0, 0.1) is 12.8 Å². The Bertz CT molecular complexity index is 616. The van der Waals surface area contributed by atoms with Crippen LogP contribution in [-0.2, 0) is 16.8 Å². The highest BCUT2D eigenvalue weighted by atomic mass is 32.1. The van der Waals surface area contributed by atoms with Crippen molar-refractivity contribution >= 4 is 17.2 Å². The second-order valence-electron chi connectivity index (χ2n) is 6.52. The number of alkyl halides is 3. The standard InChI is InChI=1S/C14H19F3N2OS/c1-8-10(13(2,3)4)21-12(18-11(20)14(15,16)17)19(8)7-9-5-6-9/h9H,5-7H2,1-4H3. The fraction of sp³-hybridized carbons (Fsp3) is 0.714. The molecule has 0 N–H and O–H groups in total. The summed E-state index contributed by atoms with van der Waals surface area (Å²) in [4.78, 5) is 15.6. The minimum Gasteiger partial charge on any atom is -0.320 e. The Morgan fingerprint density at radius 2 is 1.90 bits per heavy atom. The number of halogens is 3. The molecule has 1 aliphatic carbocycles. The van der Waals surface area contributed by atoms with Crippen LogP contribution >= 0.6 is 11.3 Å². The van der Waals surface area contributed by atoms with E-state index in [0.717, 1.165) is 23.4 Å². The minimum atomic E-state index is -4.92. The van der Waals surface area contributed by atoms with Gasteiger partial charge in [-0.3, -0.25) is 4.79 Å². The topological polar surface area (TPSA) is 34.4 Å². The van der Waals surface area contributed by atoms with Gasteiger partial charge in [0.1, 0.15) is 0 Å². The predicted octanol–water partition coefficient (Wildman–Crippen LogP) is 3.56. The van der Waals surface area contributed by atoms with Crippen molar-refractivity contribution in [3.05, 3.63) is 15.4 Å². The average molecular weight is 320 g/mol. The van der Waals surface area contributed by atoms with Crippen LogP contribution in [0.2, 0.25) is 0 Å². The van der Waals surface area contributed by atoms with Crippen molar-refractivity contribution in [2.75, 3.05) is 0 Å². The van der Waals surface area contributed by atoms with Crippen molar-refractivity contribution in [3.8, 4) is 0 Å². The molecule has 1 heterocycles. The van der Waals surface area contributed by atoms with Gasteiger partial charge in [-0.05, 0) is 31.1 Å². The van der Waals surface area contributed by atoms with Gasteiger partial charge in [0.15, 0.2) is 4.80 Å². The second-order valence-corrected chi connectivity index (χ2v) is 7.50. The molecule has 2 rings (SSSR count). The van der Waals surface area contributed by atoms with E-state index in [1.165, 1.54) is 11.3 Å². The first-order valence-electron chi connectivity index (χ1n) is 6.86. The SMILES string of the molecule is Cc1c(C(C)(C)C)sc(=NC(=O)C(F)(F)F)n1CC1CC1. The number of carbonyl (C=O) groups excluding carboxylic acids is 1. The molecule has 0 radical (unpaired) electrons. The van der Waals surface area contributed by atoms with E-state index < -0.39 is 12.1 Å². The highest BCUT2D eigenvalue weighted by Crippen LogP contribution is 2.33. The number of thiazole rings is 1. The van der Waals surface area contributed by atoms with Crippen LogP contribution in [0.5, 0.6) is 0 Å². The van der Waals surface area contributed by atoms with Gasteiger partial charge < -0.3 is 4.57 Å². The molecule has 118 valence electrons. The summed E-state index contributed by atoms with van der Waals surface area (Å²) < 4.78 is 39.1. The zero-order chi connectivity index (χ0) is 16.0. The third kappa shape index (κ3) is 3.75. The third-order valence-electron chi connectivity index (χ3n) is 3.42. The Hall–Kier alpha value is -1.11. The largest absolute Gasteiger partial charge is 0.473 e. The lowest BCUT2D eigenvalue weighted by atomic mass is 9.93. The van der Waals surface area contributed by atoms with E-state index in [1.54, 1.807) is 4.57 Å². The minimum absolute atomic E-state index is 0.159. The van der Waals surface area contributed by atoms with Gasteiger partial charge in [0, 0.05) is 17.1 Å². The highest BCUT2D eigenvalue weighted by molar-refractivity contribution is 7.09. The van der Waals surface area contributed by atoms with Gasteiger partial charge in [0.25, 0.3) is 0 Å². The monoisotopic (exact) mass is 320 g/mol. The maximum Gasteiger partial charge on any atom is 0.473 e. The molecule has 0 aromatic carbocycles. The van der Waals surface area contributed by atoms with E-state index in [9.17, 15) is 18.0 Å². The number of aromatic nitrogens is 1. The number of amides is 1. The molecule has 1 amide bonds. The van der Waals surface area contributed by atoms with Gasteiger partial charge >= 0.3 is 12.1 Å². The smallest absolute Gasteiger partial charge is 0.320 e. The van der Waals surface area contributed by atoms with E-state index >= 15 is 0 Å². The molecule has 1 aliphatic rings. The summed E-state index contributed by atoms with van der Waals surface area (Å²) in [6, 6.07) is 0. The van der Waals surface area contributed by atoms with Gasteiger partial charge in [-0.1, -0.05) is 20.8 Å². The summed E-state index contributed by atoms with van der Waals surface area (Å²) in [5, 5.41) is 0. The Morgan fingerprint density at radius 3 is 2.33 bits per heavy atom. The summed E-state index contributed by atoms with van der Waals surface area (Å²) in [5.41, 5.74) is 0.725. The molecule has 1 saturated carbocycles. The molecule has 0 bridgehead atoms. The Labute approximate surface area is 125 Å². The molecule has 0 spiro atoms. The summed E-state index contributed by atoms with van der Waals surface area (Å²) in [6.45, 7) is 8.53. The molecule has 0 saturated heterocycles. The molecule has 0 unspecified atom stereocenters. The molecule has 1 fully saturated rings.